The van der Waals surface area contributed by atoms with Gasteiger partial charge >= 0.3 is 0 Å². The van der Waals surface area contributed by atoms with Gasteiger partial charge in [-0.05, 0) is 36.4 Å². The van der Waals surface area contributed by atoms with Gasteiger partial charge in [-0.3, -0.25) is 14.5 Å². The second-order valence-electron chi connectivity index (χ2n) is 6.40. The molecule has 1 aromatic heterocycles. The molecule has 1 unspecified atom stereocenters. The second kappa shape index (κ2) is 7.32. The van der Waals surface area contributed by atoms with Gasteiger partial charge in [-0.1, -0.05) is 29.8 Å². The number of aromatic hydroxyl groups is 1. The van der Waals surface area contributed by atoms with Gasteiger partial charge in [0, 0.05) is 22.8 Å². The SMILES string of the molecule is O=C(Nc1ccc(Cl)cc1)C1c2cccc[n+]2CC(=O)N1c1ccccc1O. The molecule has 28 heavy (non-hydrogen) atoms. The third-order valence-electron chi connectivity index (χ3n) is 4.59. The molecular formula is C21H17ClN3O3+. The molecule has 140 valence electrons. The molecule has 0 spiro atoms. The molecule has 4 rings (SSSR count). The zero-order valence-electron chi connectivity index (χ0n) is 14.7. The number of hydrogen-bond acceptors (Lipinski definition) is 3. The minimum Gasteiger partial charge on any atom is -0.506 e. The van der Waals surface area contributed by atoms with E-state index in [1.54, 1.807) is 65.4 Å². The van der Waals surface area contributed by atoms with E-state index >= 15 is 0 Å². The lowest BCUT2D eigenvalue weighted by atomic mass is 10.0. The highest BCUT2D eigenvalue weighted by molar-refractivity contribution is 6.30. The van der Waals surface area contributed by atoms with Crippen molar-refractivity contribution in [2.24, 2.45) is 0 Å². The lowest BCUT2D eigenvalue weighted by Crippen LogP contribution is -2.58. The topological polar surface area (TPSA) is 73.5 Å². The van der Waals surface area contributed by atoms with E-state index in [1.165, 1.54) is 11.0 Å². The summed E-state index contributed by atoms with van der Waals surface area (Å²) in [5.41, 5.74) is 1.50. The number of carbonyl (C=O) groups excluding carboxylic acids is 2. The van der Waals surface area contributed by atoms with Gasteiger partial charge in [0.05, 0.1) is 5.69 Å². The van der Waals surface area contributed by atoms with E-state index in [0.29, 0.717) is 22.1 Å². The average Bonchev–Trinajstić information content (AvgIpc) is 2.69. The van der Waals surface area contributed by atoms with Gasteiger partial charge < -0.3 is 10.4 Å². The Morgan fingerprint density at radius 2 is 1.79 bits per heavy atom. The fourth-order valence-electron chi connectivity index (χ4n) is 3.32. The number of aromatic nitrogens is 1. The number of benzene rings is 2. The summed E-state index contributed by atoms with van der Waals surface area (Å²) < 4.78 is 1.74. The lowest BCUT2D eigenvalue weighted by Gasteiger charge is -2.32. The lowest BCUT2D eigenvalue weighted by molar-refractivity contribution is -0.695. The highest BCUT2D eigenvalue weighted by Gasteiger charge is 2.44. The van der Waals surface area contributed by atoms with E-state index in [9.17, 15) is 14.7 Å². The van der Waals surface area contributed by atoms with Crippen molar-refractivity contribution in [1.29, 1.82) is 0 Å². The van der Waals surface area contributed by atoms with Crippen molar-refractivity contribution in [3.05, 3.63) is 83.6 Å². The summed E-state index contributed by atoms with van der Waals surface area (Å²) in [5, 5.41) is 13.7. The van der Waals surface area contributed by atoms with Crippen molar-refractivity contribution < 1.29 is 19.3 Å². The van der Waals surface area contributed by atoms with Crippen LogP contribution in [0.1, 0.15) is 11.7 Å². The Kier molecular flexibility index (Phi) is 4.71. The Labute approximate surface area is 166 Å². The first-order valence-electron chi connectivity index (χ1n) is 8.69. The molecule has 0 saturated heterocycles. The molecule has 0 saturated carbocycles. The standard InChI is InChI=1S/C21H16ClN3O3/c22-14-8-10-15(11-9-14)23-21(28)20-17-6-3-4-12-24(17)13-19(27)25(20)16-5-1-2-7-18(16)26/h1-12,20H,13H2,(H-,23,26,28)/p+1. The highest BCUT2D eigenvalue weighted by Crippen LogP contribution is 2.35. The Morgan fingerprint density at radius 1 is 1.07 bits per heavy atom. The van der Waals surface area contributed by atoms with E-state index in [1.807, 2.05) is 6.07 Å². The highest BCUT2D eigenvalue weighted by atomic mass is 35.5. The van der Waals surface area contributed by atoms with E-state index in [2.05, 4.69) is 5.32 Å². The number of pyridine rings is 1. The Hall–Kier alpha value is -3.38. The molecule has 3 aromatic rings. The fourth-order valence-corrected chi connectivity index (χ4v) is 3.44. The van der Waals surface area contributed by atoms with Gasteiger partial charge in [-0.2, -0.15) is 4.57 Å². The van der Waals surface area contributed by atoms with E-state index in [0.717, 1.165) is 0 Å². The maximum Gasteiger partial charge on any atom is 0.294 e. The predicted octanol–water partition coefficient (Wildman–Crippen LogP) is 3.06. The van der Waals surface area contributed by atoms with Crippen molar-refractivity contribution in [1.82, 2.24) is 0 Å². The van der Waals surface area contributed by atoms with Gasteiger partial charge in [0.1, 0.15) is 5.75 Å². The van der Waals surface area contributed by atoms with Crippen LogP contribution >= 0.6 is 11.6 Å². The predicted molar refractivity (Wildman–Crippen MR) is 105 cm³/mol. The number of nitrogens with one attached hydrogen (secondary N) is 1. The summed E-state index contributed by atoms with van der Waals surface area (Å²) >= 11 is 5.91. The minimum atomic E-state index is -0.938. The van der Waals surface area contributed by atoms with Gasteiger partial charge in [0.15, 0.2) is 6.20 Å². The first kappa shape index (κ1) is 18.0. The van der Waals surface area contributed by atoms with Crippen LogP contribution < -0.4 is 14.8 Å². The molecule has 0 bridgehead atoms. The number of phenols is 1. The van der Waals surface area contributed by atoms with E-state index < -0.39 is 11.9 Å². The molecule has 2 heterocycles. The van der Waals surface area contributed by atoms with Gasteiger partial charge in [0.25, 0.3) is 11.8 Å². The number of para-hydroxylation sites is 2. The zero-order chi connectivity index (χ0) is 19.7. The second-order valence-corrected chi connectivity index (χ2v) is 6.84. The maximum absolute atomic E-state index is 13.2. The van der Waals surface area contributed by atoms with Crippen molar-refractivity contribution in [3.63, 3.8) is 0 Å². The maximum atomic E-state index is 13.2. The molecule has 1 atom stereocenters. The summed E-state index contributed by atoms with van der Waals surface area (Å²) in [6, 6.07) is 17.7. The van der Waals surface area contributed by atoms with Crippen molar-refractivity contribution in [2.45, 2.75) is 12.6 Å². The smallest absolute Gasteiger partial charge is 0.294 e. The molecule has 6 nitrogen and oxygen atoms in total. The monoisotopic (exact) mass is 394 g/mol. The molecule has 2 aromatic carbocycles. The Morgan fingerprint density at radius 3 is 2.54 bits per heavy atom. The number of hydrogen-bond donors (Lipinski definition) is 2. The molecule has 0 fully saturated rings. The van der Waals surface area contributed by atoms with Crippen LogP contribution in [0.4, 0.5) is 11.4 Å². The molecule has 0 radical (unpaired) electrons. The number of amides is 2. The van der Waals surface area contributed by atoms with Gasteiger partial charge in [-0.25, -0.2) is 0 Å². The van der Waals surface area contributed by atoms with Crippen molar-refractivity contribution >= 4 is 34.8 Å². The summed E-state index contributed by atoms with van der Waals surface area (Å²) in [6.45, 7) is 0.0786. The number of nitrogens with zero attached hydrogens (tertiary/aromatic N) is 2. The fraction of sp³-hybridized carbons (Fsp3) is 0.0952. The summed E-state index contributed by atoms with van der Waals surface area (Å²) in [5.74, 6) is -0.746. The van der Waals surface area contributed by atoms with Crippen LogP contribution in [0, 0.1) is 0 Å². The molecule has 1 aliphatic rings. The summed E-state index contributed by atoms with van der Waals surface area (Å²) in [6.07, 6.45) is 1.76. The van der Waals surface area contributed by atoms with Crippen molar-refractivity contribution in [2.75, 3.05) is 10.2 Å². The minimum absolute atomic E-state index is 0.0653. The number of anilines is 2. The van der Waals surface area contributed by atoms with Gasteiger partial charge in [0.2, 0.25) is 18.3 Å². The third kappa shape index (κ3) is 3.30. The first-order chi connectivity index (χ1) is 13.5. The first-order valence-corrected chi connectivity index (χ1v) is 9.07. The van der Waals surface area contributed by atoms with Crippen molar-refractivity contribution in [3.8, 4) is 5.75 Å². The van der Waals surface area contributed by atoms with Crippen LogP contribution in [-0.4, -0.2) is 16.9 Å². The molecule has 7 heteroatoms. The zero-order valence-corrected chi connectivity index (χ0v) is 15.5. The van der Waals surface area contributed by atoms with Crippen LogP contribution in [0.3, 0.4) is 0 Å². The summed E-state index contributed by atoms with van der Waals surface area (Å²) in [4.78, 5) is 27.5. The largest absolute Gasteiger partial charge is 0.506 e. The summed E-state index contributed by atoms with van der Waals surface area (Å²) in [7, 11) is 0. The molecule has 2 amide bonds. The molecule has 0 aliphatic carbocycles. The van der Waals surface area contributed by atoms with Crippen LogP contribution in [0.5, 0.6) is 5.75 Å². The number of phenolic OH excluding ortho intramolecular Hbond substituents is 1. The molecular weight excluding hydrogens is 378 g/mol. The van der Waals surface area contributed by atoms with E-state index in [-0.39, 0.29) is 18.2 Å². The number of fused-ring (bicyclic) bond motifs is 1. The van der Waals surface area contributed by atoms with E-state index in [4.69, 9.17) is 11.6 Å². The number of rotatable bonds is 3. The Bertz CT molecular complexity index is 1050. The third-order valence-corrected chi connectivity index (χ3v) is 4.84. The molecule has 1 aliphatic heterocycles. The van der Waals surface area contributed by atoms with Gasteiger partial charge in [-0.15, -0.1) is 0 Å². The molecule has 2 N–H and O–H groups in total. The average molecular weight is 395 g/mol. The van der Waals surface area contributed by atoms with Crippen LogP contribution in [0.25, 0.3) is 0 Å². The van der Waals surface area contributed by atoms with Crippen LogP contribution in [-0.2, 0) is 16.1 Å². The Balaban J connectivity index is 1.78. The number of carbonyl (C=O) groups is 2. The number of halogens is 1. The normalized spacial score (nSPS) is 15.8. The quantitative estimate of drug-likeness (QED) is 0.670. The van der Waals surface area contributed by atoms with Crippen LogP contribution in [0.15, 0.2) is 72.9 Å². The van der Waals surface area contributed by atoms with Crippen LogP contribution in [0.2, 0.25) is 5.02 Å².